The van der Waals surface area contributed by atoms with Crippen LogP contribution in [0.4, 0.5) is 0 Å². The number of nitrogens with zero attached hydrogens (tertiary/aromatic N) is 2. The van der Waals surface area contributed by atoms with Crippen LogP contribution in [0.5, 0.6) is 0 Å². The van der Waals surface area contributed by atoms with Gasteiger partial charge in [0, 0.05) is 12.3 Å². The molecule has 0 aliphatic heterocycles. The summed E-state index contributed by atoms with van der Waals surface area (Å²) < 4.78 is 0. The van der Waals surface area contributed by atoms with Crippen LogP contribution in [0.15, 0.2) is 0 Å². The van der Waals surface area contributed by atoms with Gasteiger partial charge in [-0.15, -0.1) is 0 Å². The highest BCUT2D eigenvalue weighted by Crippen LogP contribution is 2.37. The highest BCUT2D eigenvalue weighted by Gasteiger charge is 2.27. The van der Waals surface area contributed by atoms with Crippen LogP contribution in [0.2, 0.25) is 0 Å². The molecule has 0 amide bonds. The van der Waals surface area contributed by atoms with Crippen molar-refractivity contribution in [1.82, 2.24) is 15.2 Å². The van der Waals surface area contributed by atoms with Crippen molar-refractivity contribution in [2.75, 3.05) is 0 Å². The molecule has 1 aromatic rings. The van der Waals surface area contributed by atoms with Crippen molar-refractivity contribution < 1.29 is 0 Å². The van der Waals surface area contributed by atoms with Gasteiger partial charge in [-0.2, -0.15) is 5.10 Å². The highest BCUT2D eigenvalue weighted by molar-refractivity contribution is 5.04. The Labute approximate surface area is 117 Å². The first kappa shape index (κ1) is 14.5. The molecule has 1 heterocycles. The normalized spacial score (nSPS) is 15.0. The van der Waals surface area contributed by atoms with E-state index >= 15 is 0 Å². The summed E-state index contributed by atoms with van der Waals surface area (Å²) in [4.78, 5) is 4.57. The van der Waals surface area contributed by atoms with E-state index < -0.39 is 0 Å². The predicted octanol–water partition coefficient (Wildman–Crippen LogP) is 4.76. The number of aromatic nitrogens is 3. The molecule has 0 atom stereocenters. The van der Waals surface area contributed by atoms with Crippen LogP contribution in [-0.4, -0.2) is 15.2 Å². The molecule has 0 unspecified atom stereocenters. The number of aryl methyl sites for hydroxylation is 1. The average molecular weight is 263 g/mol. The van der Waals surface area contributed by atoms with Gasteiger partial charge < -0.3 is 0 Å². The van der Waals surface area contributed by atoms with Crippen LogP contribution in [0.1, 0.15) is 95.1 Å². The number of hydrogen-bond donors (Lipinski definition) is 1. The van der Waals surface area contributed by atoms with Crippen molar-refractivity contribution in [2.45, 2.75) is 89.9 Å². The van der Waals surface area contributed by atoms with Crippen LogP contribution in [0, 0.1) is 0 Å². The van der Waals surface area contributed by atoms with Gasteiger partial charge >= 0.3 is 0 Å². The Kier molecular flexibility index (Phi) is 6.38. The molecule has 2 rings (SSSR count). The number of hydrogen-bond acceptors (Lipinski definition) is 2. The zero-order valence-corrected chi connectivity index (χ0v) is 12.5. The minimum Gasteiger partial charge on any atom is -0.263 e. The van der Waals surface area contributed by atoms with Gasteiger partial charge in [0.1, 0.15) is 5.82 Å². The van der Waals surface area contributed by atoms with Gasteiger partial charge in [0.15, 0.2) is 5.82 Å². The van der Waals surface area contributed by atoms with Crippen molar-refractivity contribution >= 4 is 0 Å². The molecule has 1 fully saturated rings. The lowest BCUT2D eigenvalue weighted by Crippen LogP contribution is -1.89. The molecular weight excluding hydrogens is 234 g/mol. The number of unbranched alkanes of at least 4 members (excludes halogenated alkanes) is 8. The monoisotopic (exact) mass is 263 g/mol. The first-order valence-corrected chi connectivity index (χ1v) is 8.31. The molecule has 3 nitrogen and oxygen atoms in total. The molecule has 0 spiro atoms. The van der Waals surface area contributed by atoms with E-state index in [9.17, 15) is 0 Å². The highest BCUT2D eigenvalue weighted by atomic mass is 15.2. The maximum Gasteiger partial charge on any atom is 0.153 e. The van der Waals surface area contributed by atoms with E-state index in [2.05, 4.69) is 22.1 Å². The van der Waals surface area contributed by atoms with Crippen LogP contribution in [0.25, 0.3) is 0 Å². The quantitative estimate of drug-likeness (QED) is 0.585. The molecule has 19 heavy (non-hydrogen) atoms. The molecule has 0 bridgehead atoms. The zero-order chi connectivity index (χ0) is 13.3. The fourth-order valence-electron chi connectivity index (χ4n) is 2.55. The fraction of sp³-hybridized carbons (Fsp3) is 0.875. The van der Waals surface area contributed by atoms with Crippen LogP contribution >= 0.6 is 0 Å². The largest absolute Gasteiger partial charge is 0.263 e. The molecule has 1 aliphatic rings. The standard InChI is InChI=1S/C16H29N3/c1-2-3-4-5-6-7-8-9-10-11-15-17-16(19-18-15)14-12-13-14/h14H,2-13H2,1H3,(H,17,18,19). The van der Waals surface area contributed by atoms with Gasteiger partial charge in [-0.3, -0.25) is 5.10 Å². The Morgan fingerprint density at radius 2 is 1.58 bits per heavy atom. The average Bonchev–Trinajstić information content (AvgIpc) is 3.17. The maximum atomic E-state index is 4.57. The summed E-state index contributed by atoms with van der Waals surface area (Å²) in [6, 6.07) is 0. The first-order chi connectivity index (χ1) is 9.40. The van der Waals surface area contributed by atoms with Crippen LogP contribution in [0.3, 0.4) is 0 Å². The molecule has 1 aromatic heterocycles. The van der Waals surface area contributed by atoms with Crippen molar-refractivity contribution in [3.63, 3.8) is 0 Å². The van der Waals surface area contributed by atoms with Crippen molar-refractivity contribution in [3.05, 3.63) is 11.6 Å². The second kappa shape index (κ2) is 8.34. The summed E-state index contributed by atoms with van der Waals surface area (Å²) in [5, 5.41) is 7.39. The topological polar surface area (TPSA) is 41.6 Å². The maximum absolute atomic E-state index is 4.57. The van der Waals surface area contributed by atoms with E-state index in [1.807, 2.05) is 0 Å². The lowest BCUT2D eigenvalue weighted by Gasteiger charge is -2.01. The Balaban J connectivity index is 1.43. The van der Waals surface area contributed by atoms with Crippen LogP contribution in [-0.2, 0) is 6.42 Å². The lowest BCUT2D eigenvalue weighted by molar-refractivity contribution is 0.562. The predicted molar refractivity (Wildman–Crippen MR) is 79.3 cm³/mol. The molecular formula is C16H29N3. The second-order valence-corrected chi connectivity index (χ2v) is 5.99. The Bertz CT molecular complexity index is 342. The SMILES string of the molecule is CCCCCCCCCCCc1nc(C2CC2)n[nH]1. The fourth-order valence-corrected chi connectivity index (χ4v) is 2.55. The second-order valence-electron chi connectivity index (χ2n) is 5.99. The van der Waals surface area contributed by atoms with Crippen molar-refractivity contribution in [3.8, 4) is 0 Å². The lowest BCUT2D eigenvalue weighted by atomic mass is 10.1. The Morgan fingerprint density at radius 3 is 2.21 bits per heavy atom. The van der Waals surface area contributed by atoms with Gasteiger partial charge in [-0.1, -0.05) is 58.3 Å². The summed E-state index contributed by atoms with van der Waals surface area (Å²) in [6.07, 6.45) is 16.1. The third kappa shape index (κ3) is 5.75. The number of H-pyrrole nitrogens is 1. The van der Waals surface area contributed by atoms with Gasteiger partial charge in [0.2, 0.25) is 0 Å². The molecule has 3 heteroatoms. The van der Waals surface area contributed by atoms with E-state index in [1.165, 1.54) is 70.6 Å². The molecule has 1 saturated carbocycles. The molecule has 1 N–H and O–H groups in total. The first-order valence-electron chi connectivity index (χ1n) is 8.31. The van der Waals surface area contributed by atoms with Crippen molar-refractivity contribution in [1.29, 1.82) is 0 Å². The van der Waals surface area contributed by atoms with Gasteiger partial charge in [-0.05, 0) is 19.3 Å². The van der Waals surface area contributed by atoms with Gasteiger partial charge in [-0.25, -0.2) is 4.98 Å². The van der Waals surface area contributed by atoms with E-state index in [0.717, 1.165) is 18.1 Å². The Hall–Kier alpha value is -0.860. The summed E-state index contributed by atoms with van der Waals surface area (Å²) in [5.41, 5.74) is 0. The van der Waals surface area contributed by atoms with Gasteiger partial charge in [0.25, 0.3) is 0 Å². The van der Waals surface area contributed by atoms with Crippen molar-refractivity contribution in [2.24, 2.45) is 0 Å². The minimum absolute atomic E-state index is 0.674. The number of aromatic amines is 1. The number of rotatable bonds is 11. The summed E-state index contributed by atoms with van der Waals surface area (Å²) in [6.45, 7) is 2.28. The molecule has 108 valence electrons. The number of nitrogens with one attached hydrogen (secondary N) is 1. The van der Waals surface area contributed by atoms with Gasteiger partial charge in [0.05, 0.1) is 0 Å². The molecule has 0 saturated heterocycles. The summed E-state index contributed by atoms with van der Waals surface area (Å²) >= 11 is 0. The Morgan fingerprint density at radius 1 is 0.947 bits per heavy atom. The van der Waals surface area contributed by atoms with E-state index in [1.54, 1.807) is 0 Å². The smallest absolute Gasteiger partial charge is 0.153 e. The zero-order valence-electron chi connectivity index (χ0n) is 12.5. The third-order valence-electron chi connectivity index (χ3n) is 4.01. The molecule has 0 aromatic carbocycles. The third-order valence-corrected chi connectivity index (χ3v) is 4.01. The molecule has 0 radical (unpaired) electrons. The van der Waals surface area contributed by atoms with E-state index in [-0.39, 0.29) is 0 Å². The molecule has 1 aliphatic carbocycles. The minimum atomic E-state index is 0.674. The summed E-state index contributed by atoms with van der Waals surface area (Å²) in [7, 11) is 0. The van der Waals surface area contributed by atoms with Crippen LogP contribution < -0.4 is 0 Å². The van der Waals surface area contributed by atoms with E-state index in [0.29, 0.717) is 5.92 Å². The summed E-state index contributed by atoms with van der Waals surface area (Å²) in [5.74, 6) is 2.84. The van der Waals surface area contributed by atoms with E-state index in [4.69, 9.17) is 0 Å².